The van der Waals surface area contributed by atoms with E-state index in [1.165, 1.54) is 6.07 Å². The Balaban J connectivity index is 2.67. The number of hydrogen-bond donors (Lipinski definition) is 2. The third-order valence-corrected chi connectivity index (χ3v) is 2.88. The van der Waals surface area contributed by atoms with E-state index < -0.39 is 5.91 Å². The molecule has 3 N–H and O–H groups in total. The summed E-state index contributed by atoms with van der Waals surface area (Å²) >= 11 is 3.29. The predicted molar refractivity (Wildman–Crippen MR) is 69.8 cm³/mol. The summed E-state index contributed by atoms with van der Waals surface area (Å²) in [5, 5.41) is 10.0. The van der Waals surface area contributed by atoms with E-state index in [2.05, 4.69) is 15.9 Å². The van der Waals surface area contributed by atoms with Gasteiger partial charge < -0.3 is 10.8 Å². The minimum atomic E-state index is -0.652. The third-order valence-electron chi connectivity index (χ3n) is 2.42. The van der Waals surface area contributed by atoms with Crippen LogP contribution < -0.4 is 5.73 Å². The molecule has 0 bridgehead atoms. The Morgan fingerprint density at radius 3 is 2.41 bits per heavy atom. The first-order valence-corrected chi connectivity index (χ1v) is 5.76. The molecule has 0 atom stereocenters. The van der Waals surface area contributed by atoms with Gasteiger partial charge >= 0.3 is 0 Å². The van der Waals surface area contributed by atoms with Gasteiger partial charge in [0.15, 0.2) is 0 Å². The summed E-state index contributed by atoms with van der Waals surface area (Å²) in [4.78, 5) is 11.2. The normalized spacial score (nSPS) is 10.2. The van der Waals surface area contributed by atoms with Gasteiger partial charge in [0, 0.05) is 10.0 Å². The molecule has 1 amide bonds. The molecule has 2 aromatic carbocycles. The quantitative estimate of drug-likeness (QED) is 0.894. The van der Waals surface area contributed by atoms with Crippen molar-refractivity contribution >= 4 is 21.8 Å². The van der Waals surface area contributed by atoms with Crippen molar-refractivity contribution in [2.75, 3.05) is 0 Å². The van der Waals surface area contributed by atoms with Crippen LogP contribution >= 0.6 is 15.9 Å². The molecule has 17 heavy (non-hydrogen) atoms. The fraction of sp³-hybridized carbons (Fsp3) is 0. The first-order valence-electron chi connectivity index (χ1n) is 4.97. The maximum absolute atomic E-state index is 11.2. The summed E-state index contributed by atoms with van der Waals surface area (Å²) in [5.74, 6) is -0.743. The van der Waals surface area contributed by atoms with Crippen molar-refractivity contribution in [2.45, 2.75) is 0 Å². The Morgan fingerprint density at radius 2 is 1.82 bits per heavy atom. The van der Waals surface area contributed by atoms with Crippen molar-refractivity contribution in [3.63, 3.8) is 0 Å². The zero-order valence-electron chi connectivity index (χ0n) is 8.85. The largest absolute Gasteiger partial charge is 0.506 e. The van der Waals surface area contributed by atoms with E-state index in [0.717, 1.165) is 5.56 Å². The Morgan fingerprint density at radius 1 is 1.18 bits per heavy atom. The van der Waals surface area contributed by atoms with Crippen molar-refractivity contribution in [3.05, 3.63) is 52.5 Å². The van der Waals surface area contributed by atoms with Gasteiger partial charge in [0.05, 0.1) is 5.56 Å². The van der Waals surface area contributed by atoms with Gasteiger partial charge in [-0.3, -0.25) is 4.79 Å². The van der Waals surface area contributed by atoms with Gasteiger partial charge in [0.25, 0.3) is 5.91 Å². The van der Waals surface area contributed by atoms with Gasteiger partial charge in [-0.1, -0.05) is 46.3 Å². The van der Waals surface area contributed by atoms with Crippen LogP contribution in [0.1, 0.15) is 10.4 Å². The summed E-state index contributed by atoms with van der Waals surface area (Å²) in [5.41, 5.74) is 6.73. The highest BCUT2D eigenvalue weighted by Gasteiger charge is 2.14. The van der Waals surface area contributed by atoms with Crippen LogP contribution in [0.2, 0.25) is 0 Å². The number of carbonyl (C=O) groups is 1. The second-order valence-corrected chi connectivity index (χ2v) is 4.50. The number of nitrogens with two attached hydrogens (primary N) is 1. The Kier molecular flexibility index (Phi) is 3.15. The van der Waals surface area contributed by atoms with Crippen LogP contribution in [0.25, 0.3) is 11.1 Å². The minimum Gasteiger partial charge on any atom is -0.506 e. The first-order chi connectivity index (χ1) is 8.09. The molecule has 0 heterocycles. The van der Waals surface area contributed by atoms with E-state index in [1.54, 1.807) is 6.07 Å². The van der Waals surface area contributed by atoms with E-state index >= 15 is 0 Å². The van der Waals surface area contributed by atoms with Crippen molar-refractivity contribution < 1.29 is 9.90 Å². The van der Waals surface area contributed by atoms with Crippen LogP contribution in [0.5, 0.6) is 5.75 Å². The lowest BCUT2D eigenvalue weighted by Gasteiger charge is -2.09. The number of rotatable bonds is 2. The lowest BCUT2D eigenvalue weighted by Crippen LogP contribution is -2.11. The van der Waals surface area contributed by atoms with E-state index in [-0.39, 0.29) is 11.3 Å². The molecule has 4 heteroatoms. The number of carbonyl (C=O) groups excluding carboxylic acids is 1. The summed E-state index contributed by atoms with van der Waals surface area (Å²) in [6.07, 6.45) is 0. The molecule has 0 fully saturated rings. The van der Waals surface area contributed by atoms with Gasteiger partial charge in [-0.25, -0.2) is 0 Å². The lowest BCUT2D eigenvalue weighted by molar-refractivity contribution is 0.0998. The molecule has 86 valence electrons. The van der Waals surface area contributed by atoms with Crippen molar-refractivity contribution in [3.8, 4) is 16.9 Å². The molecule has 0 saturated carbocycles. The number of amides is 1. The zero-order valence-corrected chi connectivity index (χ0v) is 10.4. The second-order valence-electron chi connectivity index (χ2n) is 3.58. The highest BCUT2D eigenvalue weighted by molar-refractivity contribution is 9.10. The highest BCUT2D eigenvalue weighted by Crippen LogP contribution is 2.34. The Hall–Kier alpha value is -1.81. The number of primary amides is 1. The SMILES string of the molecule is NC(=O)c1cc(Br)cc(-c2ccccc2)c1O. The second kappa shape index (κ2) is 4.59. The zero-order chi connectivity index (χ0) is 12.4. The number of aromatic hydroxyl groups is 1. The Labute approximate surface area is 107 Å². The summed E-state index contributed by atoms with van der Waals surface area (Å²) in [6.45, 7) is 0. The fourth-order valence-corrected chi connectivity index (χ4v) is 2.08. The van der Waals surface area contributed by atoms with E-state index in [0.29, 0.717) is 10.0 Å². The lowest BCUT2D eigenvalue weighted by atomic mass is 10.0. The number of hydrogen-bond acceptors (Lipinski definition) is 2. The van der Waals surface area contributed by atoms with Crippen LogP contribution in [0.15, 0.2) is 46.9 Å². The fourth-order valence-electron chi connectivity index (χ4n) is 1.62. The van der Waals surface area contributed by atoms with Gasteiger partial charge in [-0.15, -0.1) is 0 Å². The van der Waals surface area contributed by atoms with E-state index in [9.17, 15) is 9.90 Å². The van der Waals surface area contributed by atoms with Gasteiger partial charge in [0.2, 0.25) is 0 Å². The molecule has 0 aromatic heterocycles. The maximum atomic E-state index is 11.2. The molecule has 0 spiro atoms. The molecule has 0 unspecified atom stereocenters. The minimum absolute atomic E-state index is 0.0908. The highest BCUT2D eigenvalue weighted by atomic mass is 79.9. The molecular formula is C13H10BrNO2. The van der Waals surface area contributed by atoms with Crippen molar-refractivity contribution in [1.82, 2.24) is 0 Å². The van der Waals surface area contributed by atoms with Gasteiger partial charge in [-0.05, 0) is 17.7 Å². The van der Waals surface area contributed by atoms with Crippen LogP contribution in [-0.4, -0.2) is 11.0 Å². The number of phenols is 1. The van der Waals surface area contributed by atoms with Crippen LogP contribution in [0.3, 0.4) is 0 Å². The monoisotopic (exact) mass is 291 g/mol. The van der Waals surface area contributed by atoms with Gasteiger partial charge in [0.1, 0.15) is 5.75 Å². The molecule has 0 aliphatic carbocycles. The predicted octanol–water partition coefficient (Wildman–Crippen LogP) is 2.92. The van der Waals surface area contributed by atoms with Crippen LogP contribution in [-0.2, 0) is 0 Å². The van der Waals surface area contributed by atoms with E-state index in [1.807, 2.05) is 30.3 Å². The average molecular weight is 292 g/mol. The van der Waals surface area contributed by atoms with Crippen molar-refractivity contribution in [1.29, 1.82) is 0 Å². The molecule has 3 nitrogen and oxygen atoms in total. The average Bonchev–Trinajstić information content (AvgIpc) is 2.32. The smallest absolute Gasteiger partial charge is 0.252 e. The van der Waals surface area contributed by atoms with Crippen LogP contribution in [0, 0.1) is 0 Å². The molecule has 0 saturated heterocycles. The maximum Gasteiger partial charge on any atom is 0.252 e. The van der Waals surface area contributed by atoms with Crippen molar-refractivity contribution in [2.24, 2.45) is 5.73 Å². The van der Waals surface area contributed by atoms with E-state index in [4.69, 9.17) is 5.73 Å². The van der Waals surface area contributed by atoms with Crippen LogP contribution in [0.4, 0.5) is 0 Å². The standard InChI is InChI=1S/C13H10BrNO2/c14-9-6-10(8-4-2-1-3-5-8)12(16)11(7-9)13(15)17/h1-7,16H,(H2,15,17). The molecule has 2 aromatic rings. The third kappa shape index (κ3) is 2.31. The number of halogens is 1. The molecule has 0 radical (unpaired) electrons. The molecular weight excluding hydrogens is 282 g/mol. The first kappa shape index (κ1) is 11.7. The Bertz CT molecular complexity index is 567. The van der Waals surface area contributed by atoms with Gasteiger partial charge in [-0.2, -0.15) is 0 Å². The molecule has 0 aliphatic rings. The molecule has 0 aliphatic heterocycles. The summed E-state index contributed by atoms with van der Waals surface area (Å²) in [7, 11) is 0. The number of benzene rings is 2. The topological polar surface area (TPSA) is 63.3 Å². The summed E-state index contributed by atoms with van der Waals surface area (Å²) < 4.78 is 0.697. The summed E-state index contributed by atoms with van der Waals surface area (Å²) in [6, 6.07) is 12.6. The molecule has 2 rings (SSSR count).